The van der Waals surface area contributed by atoms with Gasteiger partial charge in [0.25, 0.3) is 0 Å². The van der Waals surface area contributed by atoms with Gasteiger partial charge in [-0.25, -0.2) is 8.78 Å². The van der Waals surface area contributed by atoms with E-state index in [0.717, 1.165) is 16.4 Å². The van der Waals surface area contributed by atoms with Crippen molar-refractivity contribution in [1.29, 1.82) is 0 Å². The van der Waals surface area contributed by atoms with E-state index in [0.29, 0.717) is 16.6 Å². The Morgan fingerprint density at radius 1 is 1.19 bits per heavy atom. The van der Waals surface area contributed by atoms with Crippen LogP contribution in [0.1, 0.15) is 24.6 Å². The highest BCUT2D eigenvalue weighted by Gasteiger charge is 2.29. The van der Waals surface area contributed by atoms with Gasteiger partial charge in [-0.2, -0.15) is 0 Å². The molecule has 140 valence electrons. The highest BCUT2D eigenvalue weighted by molar-refractivity contribution is 14.1. The maximum atomic E-state index is 14.4. The molecule has 0 amide bonds. The number of fused-ring (bicyclic) bond motifs is 1. The van der Waals surface area contributed by atoms with E-state index < -0.39 is 11.6 Å². The Kier molecular flexibility index (Phi) is 4.57. The van der Waals surface area contributed by atoms with E-state index in [2.05, 4.69) is 5.32 Å². The molecular formula is C20H17F2IN2O2. The van der Waals surface area contributed by atoms with Gasteiger partial charge in [0, 0.05) is 9.61 Å². The van der Waals surface area contributed by atoms with Gasteiger partial charge in [0.05, 0.1) is 35.1 Å². The van der Waals surface area contributed by atoms with E-state index in [1.807, 2.05) is 27.2 Å². The molecule has 7 heteroatoms. The Labute approximate surface area is 168 Å². The number of anilines is 2. The lowest BCUT2D eigenvalue weighted by molar-refractivity contribution is 0.402. The lowest BCUT2D eigenvalue weighted by Crippen LogP contribution is -2.17. The molecule has 1 aliphatic rings. The van der Waals surface area contributed by atoms with Crippen molar-refractivity contribution < 1.29 is 13.5 Å². The molecular weight excluding hydrogens is 465 g/mol. The average molecular weight is 482 g/mol. The number of nitrogens with one attached hydrogen (secondary N) is 1. The molecule has 1 saturated carbocycles. The zero-order valence-corrected chi connectivity index (χ0v) is 16.9. The predicted molar refractivity (Wildman–Crippen MR) is 110 cm³/mol. The summed E-state index contributed by atoms with van der Waals surface area (Å²) in [7, 11) is 1.45. The molecule has 4 rings (SSSR count). The fraction of sp³-hybridized carbons (Fsp3) is 0.250. The molecule has 0 unspecified atom stereocenters. The molecule has 0 aliphatic heterocycles. The summed E-state index contributed by atoms with van der Waals surface area (Å²) in [6, 6.07) is 7.47. The van der Waals surface area contributed by atoms with Crippen molar-refractivity contribution in [2.24, 2.45) is 0 Å². The molecule has 0 radical (unpaired) electrons. The maximum absolute atomic E-state index is 14.4. The summed E-state index contributed by atoms with van der Waals surface area (Å²) in [5.74, 6) is -0.734. The lowest BCUT2D eigenvalue weighted by atomic mass is 10.1. The summed E-state index contributed by atoms with van der Waals surface area (Å²) in [4.78, 5) is 13.0. The van der Waals surface area contributed by atoms with Gasteiger partial charge < -0.3 is 14.6 Å². The third-order valence-corrected chi connectivity index (χ3v) is 5.45. The average Bonchev–Trinajstić information content (AvgIpc) is 3.42. The number of hydrogen-bond donors (Lipinski definition) is 1. The van der Waals surface area contributed by atoms with Crippen molar-refractivity contribution in [2.75, 3.05) is 12.4 Å². The number of pyridine rings is 1. The second-order valence-corrected chi connectivity index (χ2v) is 7.89. The molecule has 0 saturated heterocycles. The summed E-state index contributed by atoms with van der Waals surface area (Å²) >= 11 is 2.01. The van der Waals surface area contributed by atoms with E-state index in [-0.39, 0.29) is 28.6 Å². The molecule has 1 fully saturated rings. The van der Waals surface area contributed by atoms with Crippen molar-refractivity contribution in [3.8, 4) is 5.75 Å². The normalized spacial score (nSPS) is 13.8. The molecule has 4 nitrogen and oxygen atoms in total. The summed E-state index contributed by atoms with van der Waals surface area (Å²) < 4.78 is 36.7. The molecule has 0 spiro atoms. The number of ether oxygens (including phenoxy) is 1. The Balaban J connectivity index is 2.00. The van der Waals surface area contributed by atoms with Crippen LogP contribution in [0.2, 0.25) is 0 Å². The van der Waals surface area contributed by atoms with Crippen LogP contribution in [0.3, 0.4) is 0 Å². The van der Waals surface area contributed by atoms with E-state index in [1.165, 1.54) is 25.3 Å². The van der Waals surface area contributed by atoms with Gasteiger partial charge >= 0.3 is 0 Å². The SMILES string of the molecule is COc1c(C)n(C2CC2)c2cc(F)cc(Nc3ccc(I)cc3F)c2c1=O. The maximum Gasteiger partial charge on any atom is 0.233 e. The van der Waals surface area contributed by atoms with Crippen LogP contribution >= 0.6 is 22.6 Å². The van der Waals surface area contributed by atoms with Gasteiger partial charge in [0.2, 0.25) is 5.43 Å². The van der Waals surface area contributed by atoms with Crippen molar-refractivity contribution in [1.82, 2.24) is 4.57 Å². The van der Waals surface area contributed by atoms with Crippen LogP contribution in [0.15, 0.2) is 35.1 Å². The minimum atomic E-state index is -0.491. The first-order chi connectivity index (χ1) is 12.9. The fourth-order valence-corrected chi connectivity index (χ4v) is 3.92. The number of methoxy groups -OCH3 is 1. The van der Waals surface area contributed by atoms with Crippen LogP contribution in [0.4, 0.5) is 20.2 Å². The smallest absolute Gasteiger partial charge is 0.233 e. The molecule has 1 aliphatic carbocycles. The highest BCUT2D eigenvalue weighted by Crippen LogP contribution is 2.41. The van der Waals surface area contributed by atoms with E-state index in [9.17, 15) is 13.6 Å². The molecule has 2 aromatic carbocycles. The molecule has 0 atom stereocenters. The minimum absolute atomic E-state index is 0.180. The number of aromatic nitrogens is 1. The number of benzene rings is 2. The van der Waals surface area contributed by atoms with Gasteiger partial charge in [0.15, 0.2) is 5.75 Å². The monoisotopic (exact) mass is 482 g/mol. The van der Waals surface area contributed by atoms with E-state index in [4.69, 9.17) is 4.74 Å². The van der Waals surface area contributed by atoms with Gasteiger partial charge in [-0.15, -0.1) is 0 Å². The summed E-state index contributed by atoms with van der Waals surface area (Å²) in [5, 5.41) is 3.19. The Bertz CT molecular complexity index is 1120. The van der Waals surface area contributed by atoms with Crippen molar-refractivity contribution in [2.45, 2.75) is 25.8 Å². The summed E-state index contributed by atoms with van der Waals surface area (Å²) in [6.07, 6.45) is 1.93. The van der Waals surface area contributed by atoms with Crippen LogP contribution in [0, 0.1) is 22.1 Å². The Morgan fingerprint density at radius 3 is 2.56 bits per heavy atom. The fourth-order valence-electron chi connectivity index (χ4n) is 3.47. The van der Waals surface area contributed by atoms with E-state index >= 15 is 0 Å². The van der Waals surface area contributed by atoms with Crippen LogP contribution in [0.25, 0.3) is 10.9 Å². The quantitative estimate of drug-likeness (QED) is 0.515. The summed E-state index contributed by atoms with van der Waals surface area (Å²) in [6.45, 7) is 1.80. The Morgan fingerprint density at radius 2 is 1.93 bits per heavy atom. The first-order valence-electron chi connectivity index (χ1n) is 8.55. The van der Waals surface area contributed by atoms with Gasteiger partial charge in [-0.3, -0.25) is 4.79 Å². The predicted octanol–water partition coefficient (Wildman–Crippen LogP) is 5.28. The lowest BCUT2D eigenvalue weighted by Gasteiger charge is -2.19. The third kappa shape index (κ3) is 3.18. The number of nitrogens with zero attached hydrogens (tertiary/aromatic N) is 1. The van der Waals surface area contributed by atoms with Crippen LogP contribution in [0.5, 0.6) is 5.75 Å². The van der Waals surface area contributed by atoms with Gasteiger partial charge in [-0.05, 0) is 72.7 Å². The van der Waals surface area contributed by atoms with Crippen LogP contribution in [-0.2, 0) is 0 Å². The number of halogens is 3. The van der Waals surface area contributed by atoms with Crippen molar-refractivity contribution in [3.05, 3.63) is 61.5 Å². The molecule has 27 heavy (non-hydrogen) atoms. The number of rotatable bonds is 4. The molecule has 1 heterocycles. The molecule has 3 aromatic rings. The zero-order valence-electron chi connectivity index (χ0n) is 14.8. The van der Waals surface area contributed by atoms with E-state index in [1.54, 1.807) is 19.1 Å². The molecule has 0 bridgehead atoms. The first-order valence-corrected chi connectivity index (χ1v) is 9.63. The minimum Gasteiger partial charge on any atom is -0.491 e. The van der Waals surface area contributed by atoms with Crippen molar-refractivity contribution >= 4 is 44.9 Å². The second-order valence-electron chi connectivity index (χ2n) is 6.65. The zero-order chi connectivity index (χ0) is 19.3. The third-order valence-electron chi connectivity index (χ3n) is 4.78. The van der Waals surface area contributed by atoms with Crippen LogP contribution in [-0.4, -0.2) is 11.7 Å². The topological polar surface area (TPSA) is 43.3 Å². The second kappa shape index (κ2) is 6.78. The standard InChI is InChI=1S/C20H17F2IN2O2/c1-10-20(27-2)19(26)18-16(24-15-6-3-12(23)9-14(15)22)7-11(21)8-17(18)25(10)13-4-5-13/h3,6-9,13,24H,4-5H2,1-2H3. The van der Waals surface area contributed by atoms with Crippen molar-refractivity contribution in [3.63, 3.8) is 0 Å². The van der Waals surface area contributed by atoms with Gasteiger partial charge in [0.1, 0.15) is 11.6 Å². The number of hydrogen-bond acceptors (Lipinski definition) is 3. The van der Waals surface area contributed by atoms with Gasteiger partial charge in [-0.1, -0.05) is 0 Å². The summed E-state index contributed by atoms with van der Waals surface area (Å²) in [5.41, 5.74) is 1.24. The Hall–Kier alpha value is -2.16. The molecule has 1 N–H and O–H groups in total. The van der Waals surface area contributed by atoms with Crippen LogP contribution < -0.4 is 15.5 Å². The largest absolute Gasteiger partial charge is 0.491 e. The molecule has 1 aromatic heterocycles. The first kappa shape index (κ1) is 18.2. The highest BCUT2D eigenvalue weighted by atomic mass is 127.